The second-order valence-corrected chi connectivity index (χ2v) is 7.31. The molecule has 1 saturated heterocycles. The Balaban J connectivity index is 1.47. The average molecular weight is 423 g/mol. The maximum absolute atomic E-state index is 13.2. The van der Waals surface area contributed by atoms with Gasteiger partial charge >= 0.3 is 0 Å². The quantitative estimate of drug-likeness (QED) is 0.577. The lowest BCUT2D eigenvalue weighted by atomic mass is 10.0. The standard InChI is InChI=1S/C22H25N5O4/c1-15(31-17-8-6-16(7-9-17)27-14-23-24-25-27)22(28)26-12-4-5-20(26)19-11-10-18(29-2)13-21(19)30-3/h6-11,13-15,20H,4-5,12H2,1-3H3/t15-,20+/m0/s1. The summed E-state index contributed by atoms with van der Waals surface area (Å²) in [5, 5.41) is 11.1. The summed E-state index contributed by atoms with van der Waals surface area (Å²) in [6, 6.07) is 12.9. The van der Waals surface area contributed by atoms with Crippen LogP contribution < -0.4 is 14.2 Å². The second kappa shape index (κ2) is 9.03. The first-order chi connectivity index (χ1) is 15.1. The predicted molar refractivity (Wildman–Crippen MR) is 112 cm³/mol. The van der Waals surface area contributed by atoms with Crippen molar-refractivity contribution < 1.29 is 19.0 Å². The highest BCUT2D eigenvalue weighted by Crippen LogP contribution is 2.39. The summed E-state index contributed by atoms with van der Waals surface area (Å²) in [5.74, 6) is 1.99. The minimum atomic E-state index is -0.622. The van der Waals surface area contributed by atoms with E-state index in [1.54, 1.807) is 38.0 Å². The first-order valence-electron chi connectivity index (χ1n) is 10.1. The van der Waals surface area contributed by atoms with Crippen molar-refractivity contribution in [2.75, 3.05) is 20.8 Å². The monoisotopic (exact) mass is 423 g/mol. The van der Waals surface area contributed by atoms with Gasteiger partial charge in [0.05, 0.1) is 25.9 Å². The summed E-state index contributed by atoms with van der Waals surface area (Å²) in [6.45, 7) is 2.46. The first-order valence-corrected chi connectivity index (χ1v) is 10.1. The fraction of sp³-hybridized carbons (Fsp3) is 0.364. The number of amides is 1. The van der Waals surface area contributed by atoms with Crippen molar-refractivity contribution in [3.8, 4) is 22.9 Å². The van der Waals surface area contributed by atoms with E-state index in [4.69, 9.17) is 14.2 Å². The van der Waals surface area contributed by atoms with Crippen molar-refractivity contribution >= 4 is 5.91 Å². The molecule has 1 aliphatic rings. The van der Waals surface area contributed by atoms with E-state index in [0.717, 1.165) is 35.6 Å². The van der Waals surface area contributed by atoms with Crippen LogP contribution in [0.3, 0.4) is 0 Å². The molecule has 0 bridgehead atoms. The molecule has 9 heteroatoms. The molecule has 4 rings (SSSR count). The van der Waals surface area contributed by atoms with E-state index in [2.05, 4.69) is 15.5 Å². The number of likely N-dealkylation sites (tertiary alicyclic amines) is 1. The summed E-state index contributed by atoms with van der Waals surface area (Å²) in [7, 11) is 3.25. The van der Waals surface area contributed by atoms with Crippen LogP contribution in [-0.2, 0) is 4.79 Å². The number of hydrogen-bond donors (Lipinski definition) is 0. The maximum atomic E-state index is 13.2. The van der Waals surface area contributed by atoms with Gasteiger partial charge in [0, 0.05) is 18.2 Å². The van der Waals surface area contributed by atoms with E-state index in [9.17, 15) is 4.79 Å². The molecule has 0 unspecified atom stereocenters. The van der Waals surface area contributed by atoms with Crippen LogP contribution in [0.15, 0.2) is 48.8 Å². The Bertz CT molecular complexity index is 1020. The summed E-state index contributed by atoms with van der Waals surface area (Å²) in [5.41, 5.74) is 1.79. The molecule has 2 aromatic carbocycles. The molecule has 0 saturated carbocycles. The van der Waals surface area contributed by atoms with Crippen LogP contribution >= 0.6 is 0 Å². The van der Waals surface area contributed by atoms with Gasteiger partial charge in [-0.3, -0.25) is 4.79 Å². The molecule has 162 valence electrons. The van der Waals surface area contributed by atoms with Gasteiger partial charge in [-0.15, -0.1) is 5.10 Å². The van der Waals surface area contributed by atoms with E-state index in [1.165, 1.54) is 6.33 Å². The third kappa shape index (κ3) is 4.30. The highest BCUT2D eigenvalue weighted by atomic mass is 16.5. The number of carbonyl (C=O) groups excluding carboxylic acids is 1. The minimum absolute atomic E-state index is 0.0510. The zero-order chi connectivity index (χ0) is 21.8. The summed E-state index contributed by atoms with van der Waals surface area (Å²) in [6.07, 6.45) is 2.70. The molecule has 1 aromatic heterocycles. The van der Waals surface area contributed by atoms with Gasteiger partial charge in [-0.1, -0.05) is 0 Å². The number of ether oxygens (including phenoxy) is 3. The van der Waals surface area contributed by atoms with Crippen LogP contribution in [0.1, 0.15) is 31.4 Å². The van der Waals surface area contributed by atoms with Gasteiger partial charge in [0.25, 0.3) is 5.91 Å². The molecule has 1 aliphatic heterocycles. The highest BCUT2D eigenvalue weighted by Gasteiger charge is 2.34. The molecule has 0 aliphatic carbocycles. The minimum Gasteiger partial charge on any atom is -0.497 e. The summed E-state index contributed by atoms with van der Waals surface area (Å²) < 4.78 is 18.3. The first kappa shape index (κ1) is 20.6. The van der Waals surface area contributed by atoms with Crippen LogP contribution in [0.2, 0.25) is 0 Å². The molecule has 0 radical (unpaired) electrons. The predicted octanol–water partition coefficient (Wildman–Crippen LogP) is 2.81. The second-order valence-electron chi connectivity index (χ2n) is 7.31. The Hall–Kier alpha value is -3.62. The number of nitrogens with zero attached hydrogens (tertiary/aromatic N) is 5. The van der Waals surface area contributed by atoms with E-state index < -0.39 is 6.10 Å². The summed E-state index contributed by atoms with van der Waals surface area (Å²) in [4.78, 5) is 15.1. The Kier molecular flexibility index (Phi) is 6.01. The van der Waals surface area contributed by atoms with Gasteiger partial charge in [-0.2, -0.15) is 0 Å². The zero-order valence-electron chi connectivity index (χ0n) is 17.8. The SMILES string of the molecule is COc1ccc([C@H]2CCCN2C(=O)[C@H](C)Oc2ccc(-n3cnnn3)cc2)c(OC)c1. The molecule has 2 atom stereocenters. The van der Waals surface area contributed by atoms with Crippen LogP contribution in [0, 0.1) is 0 Å². The van der Waals surface area contributed by atoms with Crippen molar-refractivity contribution in [2.45, 2.75) is 31.9 Å². The molecule has 31 heavy (non-hydrogen) atoms. The molecule has 1 amide bonds. The number of aromatic nitrogens is 4. The Morgan fingerprint density at radius 1 is 1.10 bits per heavy atom. The zero-order valence-corrected chi connectivity index (χ0v) is 17.8. The van der Waals surface area contributed by atoms with Gasteiger partial charge in [-0.25, -0.2) is 4.68 Å². The van der Waals surface area contributed by atoms with Gasteiger partial charge in [0.1, 0.15) is 23.6 Å². The molecular formula is C22H25N5O4. The third-order valence-corrected chi connectivity index (χ3v) is 5.45. The van der Waals surface area contributed by atoms with Crippen molar-refractivity contribution in [3.05, 3.63) is 54.4 Å². The molecule has 0 spiro atoms. The fourth-order valence-electron chi connectivity index (χ4n) is 3.89. The molecule has 1 fully saturated rings. The molecular weight excluding hydrogens is 398 g/mol. The normalized spacial score (nSPS) is 16.7. The number of methoxy groups -OCH3 is 2. The molecule has 3 aromatic rings. The molecule has 0 N–H and O–H groups in total. The van der Waals surface area contributed by atoms with E-state index in [-0.39, 0.29) is 11.9 Å². The van der Waals surface area contributed by atoms with Crippen LogP contribution in [-0.4, -0.2) is 57.9 Å². The van der Waals surface area contributed by atoms with Crippen molar-refractivity contribution in [2.24, 2.45) is 0 Å². The number of hydrogen-bond acceptors (Lipinski definition) is 7. The largest absolute Gasteiger partial charge is 0.497 e. The fourth-order valence-corrected chi connectivity index (χ4v) is 3.89. The van der Waals surface area contributed by atoms with Crippen LogP contribution in [0.4, 0.5) is 0 Å². The lowest BCUT2D eigenvalue weighted by molar-refractivity contribution is -0.138. The number of benzene rings is 2. The van der Waals surface area contributed by atoms with Gasteiger partial charge in [-0.05, 0) is 66.6 Å². The van der Waals surface area contributed by atoms with Gasteiger partial charge < -0.3 is 19.1 Å². The smallest absolute Gasteiger partial charge is 0.263 e. The topological polar surface area (TPSA) is 91.6 Å². The van der Waals surface area contributed by atoms with Crippen molar-refractivity contribution in [3.63, 3.8) is 0 Å². The Labute approximate surface area is 180 Å². The lowest BCUT2D eigenvalue weighted by Gasteiger charge is -2.29. The lowest BCUT2D eigenvalue weighted by Crippen LogP contribution is -2.40. The van der Waals surface area contributed by atoms with Crippen molar-refractivity contribution in [1.82, 2.24) is 25.1 Å². The van der Waals surface area contributed by atoms with E-state index in [1.807, 2.05) is 35.2 Å². The van der Waals surface area contributed by atoms with Gasteiger partial charge in [0.15, 0.2) is 6.10 Å². The average Bonchev–Trinajstić information content (AvgIpc) is 3.51. The maximum Gasteiger partial charge on any atom is 0.263 e. The van der Waals surface area contributed by atoms with Crippen LogP contribution in [0.25, 0.3) is 5.69 Å². The van der Waals surface area contributed by atoms with Crippen LogP contribution in [0.5, 0.6) is 17.2 Å². The Morgan fingerprint density at radius 2 is 1.87 bits per heavy atom. The number of rotatable bonds is 7. The molecule has 2 heterocycles. The summed E-state index contributed by atoms with van der Waals surface area (Å²) >= 11 is 0. The highest BCUT2D eigenvalue weighted by molar-refractivity contribution is 5.81. The van der Waals surface area contributed by atoms with Crippen molar-refractivity contribution in [1.29, 1.82) is 0 Å². The third-order valence-electron chi connectivity index (χ3n) is 5.45. The van der Waals surface area contributed by atoms with Gasteiger partial charge in [0.2, 0.25) is 0 Å². The molecule has 9 nitrogen and oxygen atoms in total. The number of tetrazole rings is 1. The van der Waals surface area contributed by atoms with E-state index in [0.29, 0.717) is 12.3 Å². The number of carbonyl (C=O) groups is 1. The van der Waals surface area contributed by atoms with E-state index >= 15 is 0 Å². The Morgan fingerprint density at radius 3 is 2.55 bits per heavy atom.